The van der Waals surface area contributed by atoms with E-state index in [1.165, 1.54) is 6.07 Å². The molecule has 11 heteroatoms. The van der Waals surface area contributed by atoms with Crippen molar-refractivity contribution in [2.45, 2.75) is 56.7 Å². The highest BCUT2D eigenvalue weighted by molar-refractivity contribution is 5.99. The zero-order valence-corrected chi connectivity index (χ0v) is 19.5. The largest absolute Gasteiger partial charge is 0.573 e. The van der Waals surface area contributed by atoms with Gasteiger partial charge in [-0.2, -0.15) is 0 Å². The average Bonchev–Trinajstić information content (AvgIpc) is 3.28. The number of likely N-dealkylation sites (tertiary alicyclic amines) is 1. The highest BCUT2D eigenvalue weighted by Crippen LogP contribution is 2.35. The van der Waals surface area contributed by atoms with E-state index in [1.807, 2.05) is 6.07 Å². The summed E-state index contributed by atoms with van der Waals surface area (Å²) in [5.74, 6) is 0.799. The van der Waals surface area contributed by atoms with Crippen LogP contribution in [0.5, 0.6) is 5.75 Å². The first-order chi connectivity index (χ1) is 17.2. The van der Waals surface area contributed by atoms with E-state index in [1.54, 1.807) is 11.1 Å². The number of ketones is 1. The van der Waals surface area contributed by atoms with Crippen LogP contribution in [-0.2, 0) is 4.79 Å². The summed E-state index contributed by atoms with van der Waals surface area (Å²) in [6, 6.07) is 5.34. The summed E-state index contributed by atoms with van der Waals surface area (Å²) in [7, 11) is 0. The van der Waals surface area contributed by atoms with E-state index < -0.39 is 12.1 Å². The molecule has 1 aliphatic heterocycles. The first-order valence-electron chi connectivity index (χ1n) is 12.0. The maximum absolute atomic E-state index is 13.0. The van der Waals surface area contributed by atoms with Crippen LogP contribution in [-0.4, -0.2) is 51.0 Å². The van der Waals surface area contributed by atoms with Crippen LogP contribution in [0.25, 0.3) is 11.2 Å². The van der Waals surface area contributed by atoms with Crippen molar-refractivity contribution in [3.05, 3.63) is 47.4 Å². The van der Waals surface area contributed by atoms with Gasteiger partial charge in [-0.3, -0.25) is 9.59 Å². The van der Waals surface area contributed by atoms with Crippen molar-refractivity contribution in [3.8, 4) is 5.75 Å². The average molecular weight is 502 g/mol. The number of H-pyrrole nitrogens is 1. The summed E-state index contributed by atoms with van der Waals surface area (Å²) in [6.45, 7) is 0.963. The molecule has 2 aliphatic rings. The third kappa shape index (κ3) is 5.00. The predicted molar refractivity (Wildman–Crippen MR) is 126 cm³/mol. The zero-order valence-electron chi connectivity index (χ0n) is 19.5. The van der Waals surface area contributed by atoms with Crippen LogP contribution in [0.2, 0.25) is 0 Å². The number of ether oxygens (including phenoxy) is 1. The molecule has 2 fully saturated rings. The van der Waals surface area contributed by atoms with Gasteiger partial charge in [-0.25, -0.2) is 9.97 Å². The molecule has 1 aliphatic carbocycles. The van der Waals surface area contributed by atoms with Crippen LogP contribution in [0, 0.1) is 0 Å². The second-order valence-electron chi connectivity index (χ2n) is 9.40. The van der Waals surface area contributed by atoms with Gasteiger partial charge in [-0.05, 0) is 55.4 Å². The smallest absolute Gasteiger partial charge is 0.406 e. The first-order valence-corrected chi connectivity index (χ1v) is 12.0. The number of benzene rings is 1. The number of aromatic nitrogens is 3. The number of Topliss-reactive ketones (excluding diaryl/α,β-unsaturated/α-hetero) is 1. The Balaban J connectivity index is 1.27. The molecule has 8 nitrogen and oxygen atoms in total. The van der Waals surface area contributed by atoms with Gasteiger partial charge < -0.3 is 20.4 Å². The summed E-state index contributed by atoms with van der Waals surface area (Å²) in [4.78, 5) is 38.9. The molecule has 190 valence electrons. The number of hydrogen-bond donors (Lipinski definition) is 2. The monoisotopic (exact) mass is 501 g/mol. The number of nitrogens with zero attached hydrogens (tertiary/aromatic N) is 3. The Kier molecular flexibility index (Phi) is 6.31. The van der Waals surface area contributed by atoms with Gasteiger partial charge in [0.05, 0.1) is 5.56 Å². The fourth-order valence-electron chi connectivity index (χ4n) is 5.18. The summed E-state index contributed by atoms with van der Waals surface area (Å²) in [5, 5.41) is 0. The normalized spacial score (nSPS) is 18.1. The van der Waals surface area contributed by atoms with E-state index in [4.69, 9.17) is 10.7 Å². The summed E-state index contributed by atoms with van der Waals surface area (Å²) in [6.07, 6.45) is 1.09. The zero-order chi connectivity index (χ0) is 25.4. The topological polar surface area (TPSA) is 114 Å². The number of anilines is 1. The molecule has 0 spiro atoms. The highest BCUT2D eigenvalue weighted by Gasteiger charge is 2.32. The number of pyridine rings is 1. The summed E-state index contributed by atoms with van der Waals surface area (Å²) in [5.41, 5.74) is 8.59. The van der Waals surface area contributed by atoms with Crippen molar-refractivity contribution in [2.24, 2.45) is 0 Å². The maximum atomic E-state index is 13.0. The summed E-state index contributed by atoms with van der Waals surface area (Å²) < 4.78 is 41.2. The molecule has 2 aromatic heterocycles. The number of rotatable bonds is 4. The molecule has 3 aromatic rings. The standard InChI is InChI=1S/C25H26F3N5O3/c26-25(27,28)36-17-5-6-19(20(29)13-17)24(35)33-11-8-14(9-12-33)18-7-10-30-23-21(18)31-22(32-23)15-1-3-16(34)4-2-15/h5-7,10,13-15H,1-4,8-9,11-12,29H2,(H,30,31,32). The molecule has 5 rings (SSSR count). The highest BCUT2D eigenvalue weighted by atomic mass is 19.4. The predicted octanol–water partition coefficient (Wildman–Crippen LogP) is 4.69. The first kappa shape index (κ1) is 24.1. The number of aromatic amines is 1. The Morgan fingerprint density at radius 2 is 1.81 bits per heavy atom. The molecule has 1 saturated carbocycles. The number of hydrogen-bond acceptors (Lipinski definition) is 6. The second-order valence-corrected chi connectivity index (χ2v) is 9.40. The maximum Gasteiger partial charge on any atom is 0.573 e. The molecule has 0 bridgehead atoms. The molecule has 1 saturated heterocycles. The lowest BCUT2D eigenvalue weighted by Crippen LogP contribution is -2.38. The van der Waals surface area contributed by atoms with Crippen LogP contribution in [0.15, 0.2) is 30.5 Å². The van der Waals surface area contributed by atoms with E-state index in [2.05, 4.69) is 14.7 Å². The van der Waals surface area contributed by atoms with E-state index in [0.29, 0.717) is 44.6 Å². The van der Waals surface area contributed by atoms with E-state index >= 15 is 0 Å². The lowest BCUT2D eigenvalue weighted by molar-refractivity contribution is -0.274. The van der Waals surface area contributed by atoms with Gasteiger partial charge in [0, 0.05) is 49.8 Å². The lowest BCUT2D eigenvalue weighted by Gasteiger charge is -2.32. The van der Waals surface area contributed by atoms with E-state index in [-0.39, 0.29) is 29.0 Å². The Bertz CT molecular complexity index is 1290. The van der Waals surface area contributed by atoms with Gasteiger partial charge in [-0.15, -0.1) is 13.2 Å². The number of alkyl halides is 3. The van der Waals surface area contributed by atoms with Gasteiger partial charge in [0.25, 0.3) is 5.91 Å². The van der Waals surface area contributed by atoms with Gasteiger partial charge in [0.1, 0.15) is 22.9 Å². The number of nitrogens with two attached hydrogens (primary N) is 1. The minimum atomic E-state index is -4.83. The van der Waals surface area contributed by atoms with E-state index in [9.17, 15) is 22.8 Å². The number of halogens is 3. The lowest BCUT2D eigenvalue weighted by atomic mass is 9.88. The molecule has 3 N–H and O–H groups in total. The fourth-order valence-corrected chi connectivity index (χ4v) is 5.18. The van der Waals surface area contributed by atoms with Gasteiger partial charge in [0.15, 0.2) is 5.65 Å². The molecule has 3 heterocycles. The number of carbonyl (C=O) groups excluding carboxylic acids is 2. The van der Waals surface area contributed by atoms with Gasteiger partial charge >= 0.3 is 6.36 Å². The third-order valence-electron chi connectivity index (χ3n) is 7.07. The van der Waals surface area contributed by atoms with Crippen molar-refractivity contribution < 1.29 is 27.5 Å². The minimum absolute atomic E-state index is 0.0619. The second kappa shape index (κ2) is 9.44. The van der Waals surface area contributed by atoms with E-state index in [0.717, 1.165) is 47.5 Å². The van der Waals surface area contributed by atoms with Crippen LogP contribution < -0.4 is 10.5 Å². The van der Waals surface area contributed by atoms with Gasteiger partial charge in [0.2, 0.25) is 0 Å². The molecule has 0 atom stereocenters. The van der Waals surface area contributed by atoms with Crippen LogP contribution in [0.1, 0.15) is 72.1 Å². The SMILES string of the molecule is Nc1cc(OC(F)(F)F)ccc1C(=O)N1CCC(c2ccnc3[nH]c(C4CCC(=O)CC4)nc23)CC1. The molecular weight excluding hydrogens is 475 g/mol. The number of imidazole rings is 1. The van der Waals surface area contributed by atoms with Crippen LogP contribution in [0.3, 0.4) is 0 Å². The van der Waals surface area contributed by atoms with Crippen molar-refractivity contribution >= 4 is 28.5 Å². The molecule has 0 radical (unpaired) electrons. The molecule has 0 unspecified atom stereocenters. The van der Waals surface area contributed by atoms with Crippen molar-refractivity contribution in [1.29, 1.82) is 0 Å². The number of amides is 1. The molecular formula is C25H26F3N5O3. The number of fused-ring (bicyclic) bond motifs is 1. The van der Waals surface area contributed by atoms with Crippen molar-refractivity contribution in [3.63, 3.8) is 0 Å². The van der Waals surface area contributed by atoms with Gasteiger partial charge in [-0.1, -0.05) is 0 Å². The minimum Gasteiger partial charge on any atom is -0.406 e. The molecule has 36 heavy (non-hydrogen) atoms. The quantitative estimate of drug-likeness (QED) is 0.502. The molecule has 1 amide bonds. The molecule has 1 aromatic carbocycles. The number of piperidine rings is 1. The number of nitrogen functional groups attached to an aromatic ring is 1. The van der Waals surface area contributed by atoms with Crippen LogP contribution in [0.4, 0.5) is 18.9 Å². The van der Waals surface area contributed by atoms with Crippen molar-refractivity contribution in [2.75, 3.05) is 18.8 Å². The Morgan fingerprint density at radius 3 is 2.47 bits per heavy atom. The fraction of sp³-hybridized carbons (Fsp3) is 0.440. The Labute approximate surface area is 205 Å². The van der Waals surface area contributed by atoms with Crippen LogP contribution >= 0.6 is 0 Å². The number of nitrogens with one attached hydrogen (secondary N) is 1. The third-order valence-corrected chi connectivity index (χ3v) is 7.07. The van der Waals surface area contributed by atoms with Crippen molar-refractivity contribution in [1.82, 2.24) is 19.9 Å². The Hall–Kier alpha value is -3.63. The number of carbonyl (C=O) groups is 2. The Morgan fingerprint density at radius 1 is 1.08 bits per heavy atom. The summed E-state index contributed by atoms with van der Waals surface area (Å²) >= 11 is 0.